The summed E-state index contributed by atoms with van der Waals surface area (Å²) >= 11 is 0. The Bertz CT molecular complexity index is 1090. The van der Waals surface area contributed by atoms with Crippen molar-refractivity contribution in [2.24, 2.45) is 23.7 Å². The number of carbonyl (C=O) groups is 1. The van der Waals surface area contributed by atoms with Gasteiger partial charge in [-0.1, -0.05) is 80.6 Å². The lowest BCUT2D eigenvalue weighted by molar-refractivity contribution is -0.148. The molecule has 0 amide bonds. The average Bonchev–Trinajstić information content (AvgIpc) is 2.93. The number of hydrogen-bond acceptors (Lipinski definition) is 5. The molecule has 0 aromatic heterocycles. The van der Waals surface area contributed by atoms with Crippen LogP contribution >= 0.6 is 0 Å². The molecular formula is C34H45N2O3. The van der Waals surface area contributed by atoms with E-state index in [9.17, 15) is 9.90 Å². The van der Waals surface area contributed by atoms with Crippen molar-refractivity contribution in [3.63, 3.8) is 0 Å². The minimum atomic E-state index is -0.936. The highest BCUT2D eigenvalue weighted by atomic mass is 16.5. The van der Waals surface area contributed by atoms with Crippen LogP contribution < -0.4 is 0 Å². The molecule has 39 heavy (non-hydrogen) atoms. The summed E-state index contributed by atoms with van der Waals surface area (Å²) in [6, 6.07) is 22.0. The van der Waals surface area contributed by atoms with E-state index >= 15 is 0 Å². The van der Waals surface area contributed by atoms with Crippen molar-refractivity contribution in [2.75, 3.05) is 32.7 Å². The highest BCUT2D eigenvalue weighted by molar-refractivity contribution is 5.66. The van der Waals surface area contributed by atoms with Gasteiger partial charge in [-0.25, -0.2) is 0 Å². The molecule has 1 radical (unpaired) electrons. The molecule has 1 saturated heterocycles. The van der Waals surface area contributed by atoms with Gasteiger partial charge in [-0.05, 0) is 54.2 Å². The number of carbonyl (C=O) groups excluding carboxylic acids is 1. The summed E-state index contributed by atoms with van der Waals surface area (Å²) in [6.07, 6.45) is 5.81. The van der Waals surface area contributed by atoms with Crippen molar-refractivity contribution in [1.82, 2.24) is 9.80 Å². The first-order valence-corrected chi connectivity index (χ1v) is 14.8. The SMILES string of the molecule is CC(=O)O[C@@H]1[CH][C@@]2(O)[C@H](C)CC[C@@H](C(C)CN3CCN(C(c4ccccc4)c4ccccc4)CC3)[C@H]2C=C1C. The molecule has 0 spiro atoms. The molecular weight excluding hydrogens is 484 g/mol. The van der Waals surface area contributed by atoms with E-state index in [2.05, 4.69) is 90.4 Å². The lowest BCUT2D eigenvalue weighted by Gasteiger charge is -2.53. The summed E-state index contributed by atoms with van der Waals surface area (Å²) in [6.45, 7) is 13.2. The molecule has 5 nitrogen and oxygen atoms in total. The van der Waals surface area contributed by atoms with Gasteiger partial charge in [0, 0.05) is 52.0 Å². The van der Waals surface area contributed by atoms with Crippen LogP contribution in [0.25, 0.3) is 0 Å². The van der Waals surface area contributed by atoms with Gasteiger partial charge < -0.3 is 14.7 Å². The maximum Gasteiger partial charge on any atom is 0.303 e. The van der Waals surface area contributed by atoms with Crippen LogP contribution in [0.5, 0.6) is 0 Å². The van der Waals surface area contributed by atoms with Crippen LogP contribution in [0.4, 0.5) is 0 Å². The largest absolute Gasteiger partial charge is 0.458 e. The standard InChI is InChI=1S/C34H45N2O3/c1-24-21-31-30(16-15-26(3)34(31,38)22-32(24)39-27(4)37)25(2)23-35-17-19-36(20-18-35)33(28-11-7-5-8-12-28)29-13-9-6-10-14-29/h5-14,21-22,25-26,30-33,38H,15-20,23H2,1-4H3/t25?,26-,30+,31-,32-,34-/m1/s1. The minimum Gasteiger partial charge on any atom is -0.458 e. The van der Waals surface area contributed by atoms with E-state index in [0.29, 0.717) is 11.8 Å². The average molecular weight is 530 g/mol. The van der Waals surface area contributed by atoms with Crippen LogP contribution in [0.1, 0.15) is 57.7 Å². The number of fused-ring (bicyclic) bond motifs is 1. The number of aliphatic hydroxyl groups is 1. The molecule has 0 bridgehead atoms. The Hall–Kier alpha value is -2.47. The van der Waals surface area contributed by atoms with Gasteiger partial charge >= 0.3 is 5.97 Å². The second-order valence-electron chi connectivity index (χ2n) is 12.2. The van der Waals surface area contributed by atoms with E-state index in [1.54, 1.807) is 0 Å². The molecule has 5 rings (SSSR count). The Balaban J connectivity index is 1.25. The van der Waals surface area contributed by atoms with Gasteiger partial charge in [-0.3, -0.25) is 9.69 Å². The summed E-state index contributed by atoms with van der Waals surface area (Å²) in [5.74, 6) is 0.757. The van der Waals surface area contributed by atoms with E-state index in [-0.39, 0.29) is 23.8 Å². The fraction of sp³-hybridized carbons (Fsp3) is 0.529. The number of benzene rings is 2. The summed E-state index contributed by atoms with van der Waals surface area (Å²) in [5.41, 5.74) is 2.80. The van der Waals surface area contributed by atoms with E-state index < -0.39 is 11.7 Å². The van der Waals surface area contributed by atoms with Gasteiger partial charge in [0.1, 0.15) is 6.10 Å². The van der Waals surface area contributed by atoms with Gasteiger partial charge in [-0.2, -0.15) is 0 Å². The zero-order valence-corrected chi connectivity index (χ0v) is 24.0. The van der Waals surface area contributed by atoms with E-state index in [0.717, 1.165) is 51.1 Å². The minimum absolute atomic E-state index is 0.0601. The predicted molar refractivity (Wildman–Crippen MR) is 156 cm³/mol. The highest BCUT2D eigenvalue weighted by Gasteiger charge is 2.53. The van der Waals surface area contributed by atoms with E-state index in [4.69, 9.17) is 4.74 Å². The number of piperazine rings is 1. The second-order valence-corrected chi connectivity index (χ2v) is 12.2. The Morgan fingerprint density at radius 3 is 2.15 bits per heavy atom. The van der Waals surface area contributed by atoms with Gasteiger partial charge in [0.15, 0.2) is 0 Å². The van der Waals surface area contributed by atoms with Crippen LogP contribution in [0.3, 0.4) is 0 Å². The fourth-order valence-electron chi connectivity index (χ4n) is 7.38. The van der Waals surface area contributed by atoms with Crippen molar-refractivity contribution in [2.45, 2.75) is 58.3 Å². The molecule has 1 unspecified atom stereocenters. The summed E-state index contributed by atoms with van der Waals surface area (Å²) in [4.78, 5) is 16.9. The second kappa shape index (κ2) is 12.0. The van der Waals surface area contributed by atoms with Crippen molar-refractivity contribution >= 4 is 5.97 Å². The van der Waals surface area contributed by atoms with Crippen LogP contribution in [-0.4, -0.2) is 65.3 Å². The molecule has 2 fully saturated rings. The molecule has 2 aromatic carbocycles. The summed E-state index contributed by atoms with van der Waals surface area (Å²) in [5, 5.41) is 11.9. The van der Waals surface area contributed by atoms with Gasteiger partial charge in [-0.15, -0.1) is 0 Å². The van der Waals surface area contributed by atoms with Crippen molar-refractivity contribution in [3.8, 4) is 0 Å². The lowest BCUT2D eigenvalue weighted by atomic mass is 9.57. The molecule has 5 heteroatoms. The third kappa shape index (κ3) is 6.01. The fourth-order valence-corrected chi connectivity index (χ4v) is 7.38. The van der Waals surface area contributed by atoms with E-state index in [1.165, 1.54) is 18.1 Å². The normalized spacial score (nSPS) is 30.9. The number of esters is 1. The number of hydrogen-bond donors (Lipinski definition) is 1. The van der Waals surface area contributed by atoms with Crippen molar-refractivity contribution < 1.29 is 14.6 Å². The van der Waals surface area contributed by atoms with E-state index in [1.807, 2.05) is 13.3 Å². The number of nitrogens with zero attached hydrogens (tertiary/aromatic N) is 2. The first-order chi connectivity index (χ1) is 18.8. The number of rotatable bonds is 7. The first kappa shape index (κ1) is 28.1. The topological polar surface area (TPSA) is 53.0 Å². The molecule has 2 aliphatic carbocycles. The molecule has 1 N–H and O–H groups in total. The Morgan fingerprint density at radius 2 is 1.59 bits per heavy atom. The van der Waals surface area contributed by atoms with Crippen molar-refractivity contribution in [3.05, 3.63) is 89.9 Å². The smallest absolute Gasteiger partial charge is 0.303 e. The van der Waals surface area contributed by atoms with Crippen molar-refractivity contribution in [1.29, 1.82) is 0 Å². The molecule has 1 aliphatic heterocycles. The predicted octanol–water partition coefficient (Wildman–Crippen LogP) is 5.52. The third-order valence-corrected chi connectivity index (χ3v) is 9.60. The monoisotopic (exact) mass is 529 g/mol. The molecule has 1 heterocycles. The molecule has 1 saturated carbocycles. The quantitative estimate of drug-likeness (QED) is 0.378. The maximum absolute atomic E-state index is 11.9. The molecule has 6 atom stereocenters. The Labute approximate surface area is 234 Å². The van der Waals surface area contributed by atoms with Gasteiger partial charge in [0.2, 0.25) is 0 Å². The van der Waals surface area contributed by atoms with Crippen LogP contribution in [0.15, 0.2) is 72.3 Å². The van der Waals surface area contributed by atoms with Crippen LogP contribution in [0.2, 0.25) is 0 Å². The lowest BCUT2D eigenvalue weighted by Crippen LogP contribution is -2.57. The van der Waals surface area contributed by atoms with Crippen LogP contribution in [-0.2, 0) is 9.53 Å². The molecule has 3 aliphatic rings. The third-order valence-electron chi connectivity index (χ3n) is 9.60. The van der Waals surface area contributed by atoms with Gasteiger partial charge in [0.25, 0.3) is 0 Å². The molecule has 209 valence electrons. The highest BCUT2D eigenvalue weighted by Crippen LogP contribution is 2.51. The Kier molecular flexibility index (Phi) is 8.60. The molecule has 2 aromatic rings. The summed E-state index contributed by atoms with van der Waals surface area (Å²) < 4.78 is 5.54. The Morgan fingerprint density at radius 1 is 1.00 bits per heavy atom. The number of ether oxygens (including phenoxy) is 1. The maximum atomic E-state index is 11.9. The van der Waals surface area contributed by atoms with Gasteiger partial charge in [0.05, 0.1) is 11.6 Å². The summed E-state index contributed by atoms with van der Waals surface area (Å²) in [7, 11) is 0. The zero-order valence-electron chi connectivity index (χ0n) is 24.0. The van der Waals surface area contributed by atoms with Crippen LogP contribution in [0, 0.1) is 30.1 Å². The zero-order chi connectivity index (χ0) is 27.6. The first-order valence-electron chi connectivity index (χ1n) is 14.8.